The van der Waals surface area contributed by atoms with E-state index in [1.165, 1.54) is 0 Å². The molecule has 0 radical (unpaired) electrons. The summed E-state index contributed by atoms with van der Waals surface area (Å²) in [6.07, 6.45) is -7.17. The van der Waals surface area contributed by atoms with Crippen molar-refractivity contribution < 1.29 is 47.3 Å². The Labute approximate surface area is 142 Å². The van der Waals surface area contributed by atoms with Gasteiger partial charge in [-0.15, -0.1) is 8.78 Å². The van der Waals surface area contributed by atoms with E-state index in [1.807, 2.05) is 0 Å². The molecule has 26 heavy (non-hydrogen) atoms. The molecule has 0 nitrogen and oxygen atoms in total. The summed E-state index contributed by atoms with van der Waals surface area (Å²) < 4.78 is 147. The third-order valence-corrected chi connectivity index (χ3v) is 8.21. The summed E-state index contributed by atoms with van der Waals surface area (Å²) in [6.45, 7) is 1.12. The molecule has 0 N–H and O–H groups in total. The zero-order valence-electron chi connectivity index (χ0n) is 13.5. The molecule has 0 aliphatic carbocycles. The molecule has 12 heteroatoms. The molecule has 0 fully saturated rings. The number of alkyl halides is 9. The number of hydrogen-bond donors (Lipinski definition) is 0. The molecule has 0 spiro atoms. The SMILES string of the molecule is CC(C)(C)[S+](F)(F)(c1ccccc1)C(F)(F)C(F)(F)C(F)(F)C(F)(F)F. The van der Waals surface area contributed by atoms with Gasteiger partial charge in [-0.3, -0.25) is 0 Å². The maximum Gasteiger partial charge on any atom is 0.479 e. The summed E-state index contributed by atoms with van der Waals surface area (Å²) in [5.41, 5.74) is 0. The van der Waals surface area contributed by atoms with Gasteiger partial charge >= 0.3 is 23.3 Å². The molecule has 0 aliphatic rings. The molecule has 152 valence electrons. The van der Waals surface area contributed by atoms with E-state index in [0.717, 1.165) is 18.2 Å². The highest BCUT2D eigenvalue weighted by Crippen LogP contribution is 2.73. The predicted octanol–water partition coefficient (Wildman–Crippen LogP) is 6.73. The normalized spacial score (nSPS) is 16.9. The van der Waals surface area contributed by atoms with Crippen molar-refractivity contribution in [3.8, 4) is 0 Å². The third-order valence-electron chi connectivity index (χ3n) is 3.80. The highest BCUT2D eigenvalue weighted by molar-refractivity contribution is 8.24. The zero-order chi connectivity index (χ0) is 21.1. The molecule has 0 aromatic heterocycles. The van der Waals surface area contributed by atoms with E-state index in [-0.39, 0.29) is 0 Å². The van der Waals surface area contributed by atoms with Gasteiger partial charge in [0.2, 0.25) is 0 Å². The van der Waals surface area contributed by atoms with E-state index < -0.39 is 42.9 Å². The van der Waals surface area contributed by atoms with Crippen molar-refractivity contribution in [3.63, 3.8) is 0 Å². The van der Waals surface area contributed by atoms with Gasteiger partial charge in [0.15, 0.2) is 14.8 Å². The summed E-state index contributed by atoms with van der Waals surface area (Å²) in [4.78, 5) is -1.72. The van der Waals surface area contributed by atoms with E-state index in [0.29, 0.717) is 32.9 Å². The fraction of sp³-hybridized carbons (Fsp3) is 0.571. The first-order valence-corrected chi connectivity index (χ1v) is 8.62. The molecule has 0 amide bonds. The van der Waals surface area contributed by atoms with Crippen LogP contribution in [-0.2, 0) is 9.93 Å². The van der Waals surface area contributed by atoms with Crippen molar-refractivity contribution in [2.24, 2.45) is 0 Å². The van der Waals surface area contributed by atoms with Crippen LogP contribution in [0.25, 0.3) is 0 Å². The van der Waals surface area contributed by atoms with Gasteiger partial charge in [-0.25, -0.2) is 0 Å². The molecule has 1 aromatic carbocycles. The quantitative estimate of drug-likeness (QED) is 0.372. The molecule has 1 rings (SSSR count). The van der Waals surface area contributed by atoms with Gasteiger partial charge in [-0.2, -0.15) is 30.7 Å². The first kappa shape index (κ1) is 22.8. The second-order valence-electron chi connectivity index (χ2n) is 6.42. The van der Waals surface area contributed by atoms with Crippen LogP contribution in [0.2, 0.25) is 0 Å². The third kappa shape index (κ3) is 2.50. The molecule has 0 saturated heterocycles. The summed E-state index contributed by atoms with van der Waals surface area (Å²) in [6, 6.07) is 3.16. The van der Waals surface area contributed by atoms with Crippen LogP contribution in [0.5, 0.6) is 0 Å². The Morgan fingerprint density at radius 2 is 1.04 bits per heavy atom. The number of benzene rings is 1. The van der Waals surface area contributed by atoms with Crippen molar-refractivity contribution >= 4 is 9.93 Å². The Balaban J connectivity index is 3.94. The van der Waals surface area contributed by atoms with Crippen LogP contribution >= 0.6 is 0 Å². The largest absolute Gasteiger partial charge is 0.479 e. The van der Waals surface area contributed by atoms with Gasteiger partial charge in [0.1, 0.15) is 4.75 Å². The van der Waals surface area contributed by atoms with Gasteiger partial charge in [-0.1, -0.05) is 18.2 Å². The van der Waals surface area contributed by atoms with Crippen molar-refractivity contribution in [2.75, 3.05) is 0 Å². The average molecular weight is 423 g/mol. The van der Waals surface area contributed by atoms with Gasteiger partial charge in [0.25, 0.3) is 0 Å². The summed E-state index contributed by atoms with van der Waals surface area (Å²) in [5, 5.41) is -7.01. The Hall–Kier alpha value is -1.20. The second kappa shape index (κ2) is 5.65. The first-order chi connectivity index (χ1) is 11.2. The number of rotatable bonds is 4. The molecule has 0 aliphatic heterocycles. The molecule has 0 bridgehead atoms. The van der Waals surface area contributed by atoms with Crippen LogP contribution in [0.4, 0.5) is 47.3 Å². The fourth-order valence-electron chi connectivity index (χ4n) is 2.13. The van der Waals surface area contributed by atoms with E-state index >= 15 is 7.77 Å². The summed E-state index contributed by atoms with van der Waals surface area (Å²) in [7, 11) is -8.12. The van der Waals surface area contributed by atoms with Crippen LogP contribution in [0.15, 0.2) is 35.2 Å². The minimum absolute atomic E-state index is 0.294. The molecule has 0 unspecified atom stereocenters. The molecule has 0 heterocycles. The predicted molar refractivity (Wildman–Crippen MR) is 74.9 cm³/mol. The van der Waals surface area contributed by atoms with E-state index in [4.69, 9.17) is 0 Å². The summed E-state index contributed by atoms with van der Waals surface area (Å²) >= 11 is 0. The average Bonchev–Trinajstić information content (AvgIpc) is 2.45. The van der Waals surface area contributed by atoms with E-state index in [1.54, 1.807) is 0 Å². The Bertz CT molecular complexity index is 656. The second-order valence-corrected chi connectivity index (χ2v) is 10.3. The van der Waals surface area contributed by atoms with E-state index in [2.05, 4.69) is 0 Å². The lowest BCUT2D eigenvalue weighted by atomic mass is 10.1. The monoisotopic (exact) mass is 423 g/mol. The van der Waals surface area contributed by atoms with Gasteiger partial charge in [-0.05, 0) is 40.7 Å². The molecule has 0 atom stereocenters. The highest BCUT2D eigenvalue weighted by Gasteiger charge is 2.96. The van der Waals surface area contributed by atoms with Crippen LogP contribution in [-0.4, -0.2) is 28.0 Å². The lowest BCUT2D eigenvalue weighted by Crippen LogP contribution is -2.73. The van der Waals surface area contributed by atoms with Crippen LogP contribution in [0.1, 0.15) is 20.8 Å². The molecule has 0 saturated carbocycles. The zero-order valence-corrected chi connectivity index (χ0v) is 14.3. The van der Waals surface area contributed by atoms with Crippen LogP contribution in [0, 0.1) is 0 Å². The van der Waals surface area contributed by atoms with Crippen LogP contribution < -0.4 is 0 Å². The van der Waals surface area contributed by atoms with Crippen LogP contribution in [0.3, 0.4) is 0 Å². The molecular formula is C14H14F11S+. The first-order valence-electron chi connectivity index (χ1n) is 6.78. The van der Waals surface area contributed by atoms with E-state index in [9.17, 15) is 39.5 Å². The maximum absolute atomic E-state index is 15.4. The van der Waals surface area contributed by atoms with Crippen molar-refractivity contribution in [3.05, 3.63) is 30.3 Å². The highest BCUT2D eigenvalue weighted by atomic mass is 32.4. The maximum atomic E-state index is 15.4. The van der Waals surface area contributed by atoms with Gasteiger partial charge in [0, 0.05) is 0 Å². The van der Waals surface area contributed by atoms with Crippen molar-refractivity contribution in [1.29, 1.82) is 0 Å². The minimum atomic E-state index is -8.12. The van der Waals surface area contributed by atoms with Crippen molar-refractivity contribution in [2.45, 2.75) is 53.7 Å². The van der Waals surface area contributed by atoms with Crippen molar-refractivity contribution in [1.82, 2.24) is 0 Å². The smallest absolute Gasteiger partial charge is 0.189 e. The number of hydrogen-bond acceptors (Lipinski definition) is 0. The standard InChI is InChI=1S/C14H14F11S/c1-10(2,3)26(24,25,9-7-5-4-6-8-9)14(22,23)12(17,18)11(15,16)13(19,20)21/h4-8H,1-3H3/q+1. The Morgan fingerprint density at radius 3 is 1.35 bits per heavy atom. The lowest BCUT2D eigenvalue weighted by molar-refractivity contribution is -0.383. The Kier molecular flexibility index (Phi) is 4.96. The van der Waals surface area contributed by atoms with Gasteiger partial charge < -0.3 is 0 Å². The topological polar surface area (TPSA) is 0 Å². The fourth-order valence-corrected chi connectivity index (χ4v) is 5.12. The summed E-state index contributed by atoms with van der Waals surface area (Å²) in [5.74, 6) is -14.8. The van der Waals surface area contributed by atoms with Gasteiger partial charge in [0.05, 0.1) is 0 Å². The Morgan fingerprint density at radius 1 is 0.654 bits per heavy atom. The molecule has 1 aromatic rings. The number of halogens is 11. The minimum Gasteiger partial charge on any atom is -0.189 e. The lowest BCUT2D eigenvalue weighted by Gasteiger charge is -2.50. The molecular weight excluding hydrogens is 409 g/mol.